The Morgan fingerprint density at radius 1 is 1.07 bits per heavy atom. The first kappa shape index (κ1) is 31.6. The first-order chi connectivity index (χ1) is 19.8. The van der Waals surface area contributed by atoms with Gasteiger partial charge in [-0.2, -0.15) is 0 Å². The van der Waals surface area contributed by atoms with E-state index in [1.165, 1.54) is 13.0 Å². The monoisotopic (exact) mass is 594 g/mol. The second-order valence-electron chi connectivity index (χ2n) is 10.4. The molecule has 230 valence electrons. The number of aliphatic hydroxyl groups excluding tert-OH is 4. The van der Waals surface area contributed by atoms with Gasteiger partial charge in [0.1, 0.15) is 53.6 Å². The molecule has 0 spiro atoms. The number of esters is 3. The van der Waals surface area contributed by atoms with Crippen LogP contribution >= 0.6 is 0 Å². The Balaban J connectivity index is 1.71. The summed E-state index contributed by atoms with van der Waals surface area (Å²) in [5, 5.41) is 52.6. The normalized spacial score (nSPS) is 37.8. The first-order valence-electron chi connectivity index (χ1n) is 13.1. The molecule has 42 heavy (non-hydrogen) atoms. The maximum atomic E-state index is 12.9. The van der Waals surface area contributed by atoms with Crippen molar-refractivity contribution in [2.24, 2.45) is 5.92 Å². The number of carbonyl (C=O) groups excluding carboxylic acids is 3. The number of hydrogen-bond acceptors (Lipinski definition) is 14. The fourth-order valence-electron chi connectivity index (χ4n) is 5.68. The van der Waals surface area contributed by atoms with Gasteiger partial charge in [0.05, 0.1) is 19.6 Å². The van der Waals surface area contributed by atoms with E-state index < -0.39 is 90.3 Å². The van der Waals surface area contributed by atoms with E-state index in [4.69, 9.17) is 28.4 Å². The van der Waals surface area contributed by atoms with Crippen molar-refractivity contribution in [2.75, 3.05) is 13.7 Å². The van der Waals surface area contributed by atoms with Crippen molar-refractivity contribution in [1.82, 2.24) is 0 Å². The molecule has 2 heterocycles. The number of aliphatic hydroxyl groups is 5. The van der Waals surface area contributed by atoms with Crippen molar-refractivity contribution < 1.29 is 68.3 Å². The highest BCUT2D eigenvalue weighted by Gasteiger charge is 2.71. The van der Waals surface area contributed by atoms with Gasteiger partial charge in [-0.15, -0.1) is 0 Å². The van der Waals surface area contributed by atoms with Crippen LogP contribution in [0.1, 0.15) is 25.8 Å². The van der Waals surface area contributed by atoms with Crippen molar-refractivity contribution in [2.45, 2.75) is 74.6 Å². The molecule has 10 atom stereocenters. The van der Waals surface area contributed by atoms with E-state index in [-0.39, 0.29) is 6.42 Å². The summed E-state index contributed by atoms with van der Waals surface area (Å²) in [6, 6.07) is 8.83. The fourth-order valence-corrected chi connectivity index (χ4v) is 5.68. The molecule has 0 bridgehead atoms. The zero-order valence-corrected chi connectivity index (χ0v) is 23.1. The number of ether oxygens (including phenoxy) is 6. The minimum atomic E-state index is -2.43. The lowest BCUT2D eigenvalue weighted by Crippen LogP contribution is -2.63. The summed E-state index contributed by atoms with van der Waals surface area (Å²) in [5.41, 5.74) is -3.91. The average Bonchev–Trinajstić information content (AvgIpc) is 3.17. The van der Waals surface area contributed by atoms with E-state index in [0.717, 1.165) is 26.4 Å². The Kier molecular flexibility index (Phi) is 9.37. The van der Waals surface area contributed by atoms with Gasteiger partial charge in [0.15, 0.2) is 6.29 Å². The summed E-state index contributed by atoms with van der Waals surface area (Å²) in [6.45, 7) is 1.78. The molecule has 14 heteroatoms. The SMILES string of the molecule is COC(=O)C1=CO[C@@H](O[C@@H]2O[C@H](CO)[C@@H](O)[C@H](O)[C@H]2O)[C@H]2[C@]1(O)[C@H](OC(=O)C=Cc1ccccc1)C[C@]2(C)OC(C)=O. The molecule has 1 aromatic rings. The van der Waals surface area contributed by atoms with Crippen LogP contribution in [0.2, 0.25) is 0 Å². The molecule has 1 aliphatic carbocycles. The first-order valence-corrected chi connectivity index (χ1v) is 13.1. The minimum Gasteiger partial charge on any atom is -0.471 e. The maximum Gasteiger partial charge on any atom is 0.339 e. The second-order valence-corrected chi connectivity index (χ2v) is 10.4. The van der Waals surface area contributed by atoms with E-state index >= 15 is 0 Å². The lowest BCUT2D eigenvalue weighted by molar-refractivity contribution is -0.352. The average molecular weight is 595 g/mol. The predicted octanol–water partition coefficient (Wildman–Crippen LogP) is -1.09. The Hall–Kier alpha value is -3.37. The third-order valence-electron chi connectivity index (χ3n) is 7.61. The van der Waals surface area contributed by atoms with E-state index in [9.17, 15) is 39.9 Å². The molecular formula is C28H34O14. The van der Waals surface area contributed by atoms with Gasteiger partial charge in [0.25, 0.3) is 0 Å². The minimum absolute atomic E-state index is 0.328. The number of hydrogen-bond donors (Lipinski definition) is 5. The van der Waals surface area contributed by atoms with Crippen LogP contribution < -0.4 is 0 Å². The number of benzene rings is 1. The summed E-state index contributed by atoms with van der Waals surface area (Å²) in [4.78, 5) is 37.9. The molecule has 1 aromatic carbocycles. The van der Waals surface area contributed by atoms with Crippen LogP contribution in [0, 0.1) is 5.92 Å². The van der Waals surface area contributed by atoms with E-state index in [0.29, 0.717) is 5.56 Å². The molecule has 1 saturated carbocycles. The number of rotatable bonds is 8. The predicted molar refractivity (Wildman–Crippen MR) is 138 cm³/mol. The second kappa shape index (κ2) is 12.5. The lowest BCUT2D eigenvalue weighted by atomic mass is 9.76. The quantitative estimate of drug-likeness (QED) is 0.138. The topological polar surface area (TPSA) is 208 Å². The van der Waals surface area contributed by atoms with Gasteiger partial charge < -0.3 is 54.0 Å². The molecule has 0 aromatic heterocycles. The number of fused-ring (bicyclic) bond motifs is 1. The zero-order valence-electron chi connectivity index (χ0n) is 23.1. The molecular weight excluding hydrogens is 560 g/mol. The molecule has 0 radical (unpaired) electrons. The van der Waals surface area contributed by atoms with Crippen LogP contribution in [-0.2, 0) is 42.8 Å². The molecule has 2 aliphatic heterocycles. The standard InChI is InChI=1S/C28H34O14/c1-14(30)42-27(2)11-18(40-19(31)10-9-15-7-5-4-6-8-15)28(36)16(24(35)37-3)13-38-26(23(27)28)41-25-22(34)21(33)20(32)17(12-29)39-25/h4-10,13,17-18,20-23,25-26,29,32-34,36H,11-12H2,1-3H3/t17-,18-,20-,21+,22-,23-,25+,26+,27+,28-/m1/s1. The summed E-state index contributed by atoms with van der Waals surface area (Å²) in [7, 11) is 1.06. The highest BCUT2D eigenvalue weighted by Crippen LogP contribution is 2.55. The van der Waals surface area contributed by atoms with Crippen molar-refractivity contribution in [3.63, 3.8) is 0 Å². The van der Waals surface area contributed by atoms with Gasteiger partial charge in [-0.1, -0.05) is 30.3 Å². The number of carbonyl (C=O) groups is 3. The zero-order chi connectivity index (χ0) is 30.8. The molecule has 2 fully saturated rings. The van der Waals surface area contributed by atoms with E-state index in [2.05, 4.69) is 0 Å². The summed E-state index contributed by atoms with van der Waals surface area (Å²) in [6.07, 6.45) is -8.42. The molecule has 5 N–H and O–H groups in total. The smallest absolute Gasteiger partial charge is 0.339 e. The fraction of sp³-hybridized carbons (Fsp3) is 0.536. The van der Waals surface area contributed by atoms with Crippen LogP contribution in [0.3, 0.4) is 0 Å². The van der Waals surface area contributed by atoms with Crippen molar-refractivity contribution >= 4 is 24.0 Å². The largest absolute Gasteiger partial charge is 0.471 e. The Bertz CT molecular complexity index is 1210. The maximum absolute atomic E-state index is 12.9. The van der Waals surface area contributed by atoms with Gasteiger partial charge in [-0.25, -0.2) is 9.59 Å². The van der Waals surface area contributed by atoms with Gasteiger partial charge in [-0.05, 0) is 18.6 Å². The van der Waals surface area contributed by atoms with Crippen LogP contribution in [0.5, 0.6) is 0 Å². The van der Waals surface area contributed by atoms with E-state index in [1.54, 1.807) is 30.3 Å². The van der Waals surface area contributed by atoms with Crippen LogP contribution in [0.15, 0.2) is 48.2 Å². The van der Waals surface area contributed by atoms with Gasteiger partial charge in [-0.3, -0.25) is 4.79 Å². The third-order valence-corrected chi connectivity index (χ3v) is 7.61. The summed E-state index contributed by atoms with van der Waals surface area (Å²) >= 11 is 0. The molecule has 0 amide bonds. The van der Waals surface area contributed by atoms with Crippen LogP contribution in [0.25, 0.3) is 6.08 Å². The van der Waals surface area contributed by atoms with Crippen molar-refractivity contribution in [3.8, 4) is 0 Å². The van der Waals surface area contributed by atoms with Crippen molar-refractivity contribution in [3.05, 3.63) is 53.8 Å². The Morgan fingerprint density at radius 2 is 1.76 bits per heavy atom. The Labute approximate surface area is 240 Å². The molecule has 3 aliphatic rings. The molecule has 0 unspecified atom stereocenters. The van der Waals surface area contributed by atoms with Crippen LogP contribution in [-0.4, -0.2) is 111 Å². The third kappa shape index (κ3) is 5.92. The molecule has 4 rings (SSSR count). The summed E-state index contributed by atoms with van der Waals surface area (Å²) in [5.74, 6) is -4.21. The van der Waals surface area contributed by atoms with E-state index in [1.807, 2.05) is 0 Å². The van der Waals surface area contributed by atoms with Crippen LogP contribution in [0.4, 0.5) is 0 Å². The molecule has 1 saturated heterocycles. The van der Waals surface area contributed by atoms with Gasteiger partial charge in [0.2, 0.25) is 6.29 Å². The van der Waals surface area contributed by atoms with Gasteiger partial charge >= 0.3 is 17.9 Å². The number of methoxy groups -OCH3 is 1. The Morgan fingerprint density at radius 3 is 2.38 bits per heavy atom. The lowest BCUT2D eigenvalue weighted by Gasteiger charge is -2.47. The summed E-state index contributed by atoms with van der Waals surface area (Å²) < 4.78 is 32.9. The highest BCUT2D eigenvalue weighted by molar-refractivity contribution is 5.92. The van der Waals surface area contributed by atoms with Gasteiger partial charge in [0, 0.05) is 19.4 Å². The molecule has 14 nitrogen and oxygen atoms in total. The highest BCUT2D eigenvalue weighted by atomic mass is 16.8. The van der Waals surface area contributed by atoms with Crippen molar-refractivity contribution in [1.29, 1.82) is 0 Å².